The van der Waals surface area contributed by atoms with E-state index in [1.165, 1.54) is 16.6 Å². The minimum Gasteiger partial charge on any atom is -0.325 e. The summed E-state index contributed by atoms with van der Waals surface area (Å²) in [6, 6.07) is 15.6. The lowest BCUT2D eigenvalue weighted by atomic mass is 9.84. The summed E-state index contributed by atoms with van der Waals surface area (Å²) in [6.45, 7) is 1.76. The zero-order chi connectivity index (χ0) is 22.9. The predicted molar refractivity (Wildman–Crippen MR) is 127 cm³/mol. The Morgan fingerprint density at radius 1 is 1.03 bits per heavy atom. The number of aromatic amines is 1. The van der Waals surface area contributed by atoms with E-state index in [1.807, 2.05) is 17.5 Å². The van der Waals surface area contributed by atoms with E-state index in [0.717, 1.165) is 5.82 Å². The normalized spacial score (nSPS) is 13.4. The van der Waals surface area contributed by atoms with Gasteiger partial charge in [-0.2, -0.15) is 0 Å². The van der Waals surface area contributed by atoms with Crippen LogP contribution in [-0.4, -0.2) is 37.9 Å². The van der Waals surface area contributed by atoms with Gasteiger partial charge in [0.15, 0.2) is 11.6 Å². The molecule has 0 bridgehead atoms. The second-order valence-electron chi connectivity index (χ2n) is 7.53. The van der Waals surface area contributed by atoms with Crippen molar-refractivity contribution < 1.29 is 14.4 Å². The zero-order valence-corrected chi connectivity index (χ0v) is 19.1. The number of carbonyl (C=O) groups excluding carboxylic acids is 3. The molecule has 0 saturated carbocycles. The summed E-state index contributed by atoms with van der Waals surface area (Å²) in [4.78, 5) is 44.0. The van der Waals surface area contributed by atoms with Crippen LogP contribution in [0.4, 0.5) is 5.69 Å². The fourth-order valence-corrected chi connectivity index (χ4v) is 5.07. The number of rotatable bonds is 6. The van der Waals surface area contributed by atoms with E-state index in [-0.39, 0.29) is 17.5 Å². The van der Waals surface area contributed by atoms with Crippen LogP contribution in [0.1, 0.15) is 49.5 Å². The molecule has 0 fully saturated rings. The molecule has 9 heteroatoms. The summed E-state index contributed by atoms with van der Waals surface area (Å²) in [6.07, 6.45) is 0.663. The first-order valence-electron chi connectivity index (χ1n) is 10.2. The fourth-order valence-electron chi connectivity index (χ4n) is 3.62. The lowest BCUT2D eigenvalue weighted by molar-refractivity contribution is -0.115. The minimum absolute atomic E-state index is 0.190. The third kappa shape index (κ3) is 4.24. The van der Waals surface area contributed by atoms with Crippen molar-refractivity contribution in [3.05, 3.63) is 92.9 Å². The second-order valence-corrected chi connectivity index (χ2v) is 9.87. The van der Waals surface area contributed by atoms with Crippen molar-refractivity contribution in [1.82, 2.24) is 15.2 Å². The smallest absolute Gasteiger partial charge is 0.237 e. The summed E-state index contributed by atoms with van der Waals surface area (Å²) in [7, 11) is 0. The van der Waals surface area contributed by atoms with Crippen LogP contribution in [0.25, 0.3) is 0 Å². The number of thiophene rings is 1. The van der Waals surface area contributed by atoms with Gasteiger partial charge in [0.25, 0.3) is 0 Å². The van der Waals surface area contributed by atoms with Gasteiger partial charge in [0.1, 0.15) is 5.82 Å². The molecule has 0 aliphatic heterocycles. The number of nitrogens with zero attached hydrogens (tertiary/aromatic N) is 2. The third-order valence-electron chi connectivity index (χ3n) is 5.28. The molecule has 1 aliphatic carbocycles. The van der Waals surface area contributed by atoms with Gasteiger partial charge in [-0.25, -0.2) is 4.98 Å². The number of anilines is 1. The number of carbonyl (C=O) groups is 3. The molecule has 0 saturated heterocycles. The molecular weight excluding hydrogens is 456 g/mol. The summed E-state index contributed by atoms with van der Waals surface area (Å²) < 4.78 is 0. The molecule has 2 aromatic carbocycles. The molecule has 2 aromatic heterocycles. The van der Waals surface area contributed by atoms with Gasteiger partial charge in [-0.15, -0.1) is 16.4 Å². The molecular formula is C24H18N4O3S2. The number of fused-ring (bicyclic) bond motifs is 2. The van der Waals surface area contributed by atoms with Gasteiger partial charge >= 0.3 is 0 Å². The lowest BCUT2D eigenvalue weighted by Gasteiger charge is -2.18. The number of hydrogen-bond donors (Lipinski definition) is 2. The van der Waals surface area contributed by atoms with Crippen LogP contribution in [-0.2, 0) is 11.2 Å². The van der Waals surface area contributed by atoms with Crippen LogP contribution in [0.2, 0.25) is 0 Å². The molecule has 0 radical (unpaired) electrons. The van der Waals surface area contributed by atoms with E-state index in [4.69, 9.17) is 0 Å². The number of aromatic nitrogens is 3. The van der Waals surface area contributed by atoms with Crippen molar-refractivity contribution in [1.29, 1.82) is 0 Å². The molecule has 2 N–H and O–H groups in total. The molecule has 7 nitrogen and oxygen atoms in total. The van der Waals surface area contributed by atoms with Gasteiger partial charge in [0, 0.05) is 39.2 Å². The molecule has 0 spiro atoms. The maximum absolute atomic E-state index is 12.9. The Balaban J connectivity index is 1.27. The van der Waals surface area contributed by atoms with Crippen LogP contribution in [0, 0.1) is 0 Å². The van der Waals surface area contributed by atoms with E-state index >= 15 is 0 Å². The van der Waals surface area contributed by atoms with Gasteiger partial charge in [-0.05, 0) is 36.6 Å². The average Bonchev–Trinajstić information content (AvgIpc) is 3.50. The molecule has 0 unspecified atom stereocenters. The molecule has 1 atom stereocenters. The maximum Gasteiger partial charge on any atom is 0.237 e. The first kappa shape index (κ1) is 21.3. The number of amides is 1. The number of hydrogen-bond acceptors (Lipinski definition) is 7. The first-order valence-corrected chi connectivity index (χ1v) is 12.0. The first-order chi connectivity index (χ1) is 16.0. The third-order valence-corrected chi connectivity index (χ3v) is 7.11. The highest BCUT2D eigenvalue weighted by Crippen LogP contribution is 2.29. The second kappa shape index (κ2) is 8.76. The summed E-state index contributed by atoms with van der Waals surface area (Å²) in [5.41, 5.74) is 1.88. The average molecular weight is 475 g/mol. The topological polar surface area (TPSA) is 105 Å². The van der Waals surface area contributed by atoms with Gasteiger partial charge in [0.2, 0.25) is 11.1 Å². The Hall–Kier alpha value is -3.56. The van der Waals surface area contributed by atoms with Crippen LogP contribution in [0.5, 0.6) is 0 Å². The molecule has 5 rings (SSSR count). The Bertz CT molecular complexity index is 1380. The fraction of sp³-hybridized carbons (Fsp3) is 0.125. The van der Waals surface area contributed by atoms with Crippen LogP contribution in [0.15, 0.2) is 65.1 Å². The van der Waals surface area contributed by atoms with Crippen molar-refractivity contribution in [2.24, 2.45) is 0 Å². The van der Waals surface area contributed by atoms with Crippen molar-refractivity contribution in [2.45, 2.75) is 23.8 Å². The van der Waals surface area contributed by atoms with Crippen molar-refractivity contribution in [3.8, 4) is 0 Å². The Morgan fingerprint density at radius 2 is 1.76 bits per heavy atom. The minimum atomic E-state index is -0.468. The number of nitrogens with one attached hydrogen (secondary N) is 2. The molecule has 1 amide bonds. The van der Waals surface area contributed by atoms with Gasteiger partial charge in [-0.3, -0.25) is 19.5 Å². The van der Waals surface area contributed by atoms with Crippen molar-refractivity contribution in [2.75, 3.05) is 5.32 Å². The standard InChI is InChI=1S/C24H18N4O3S2/c1-13(33-24-26-20(27-28-24)12-15-5-4-10-32-15)23(31)25-14-8-9-18-19(11-14)22(30)17-7-3-2-6-16(17)21(18)29/h2-11,13H,12H2,1H3,(H,25,31)(H,26,27,28)/t13-/m0/s1. The summed E-state index contributed by atoms with van der Waals surface area (Å²) in [5, 5.41) is 12.0. The highest BCUT2D eigenvalue weighted by atomic mass is 32.2. The summed E-state index contributed by atoms with van der Waals surface area (Å²) in [5.74, 6) is 0.0768. The van der Waals surface area contributed by atoms with E-state index < -0.39 is 5.25 Å². The molecule has 33 heavy (non-hydrogen) atoms. The van der Waals surface area contributed by atoms with Gasteiger partial charge in [-0.1, -0.05) is 42.1 Å². The van der Waals surface area contributed by atoms with Crippen molar-refractivity contribution >= 4 is 46.3 Å². The lowest BCUT2D eigenvalue weighted by Crippen LogP contribution is -2.24. The monoisotopic (exact) mass is 474 g/mol. The van der Waals surface area contributed by atoms with E-state index in [1.54, 1.807) is 60.7 Å². The highest BCUT2D eigenvalue weighted by molar-refractivity contribution is 8.00. The number of thioether (sulfide) groups is 1. The van der Waals surface area contributed by atoms with Gasteiger partial charge < -0.3 is 5.32 Å². The maximum atomic E-state index is 12.9. The molecule has 1 aliphatic rings. The van der Waals surface area contributed by atoms with E-state index in [9.17, 15) is 14.4 Å². The van der Waals surface area contributed by atoms with Crippen molar-refractivity contribution in [3.63, 3.8) is 0 Å². The van der Waals surface area contributed by atoms with E-state index in [2.05, 4.69) is 20.5 Å². The summed E-state index contributed by atoms with van der Waals surface area (Å²) >= 11 is 2.89. The van der Waals surface area contributed by atoms with E-state index in [0.29, 0.717) is 39.5 Å². The quantitative estimate of drug-likeness (QED) is 0.355. The number of benzene rings is 2. The SMILES string of the molecule is C[C@H](Sc1n[nH]c(Cc2cccs2)n1)C(=O)Nc1ccc2c(c1)C(=O)c1ccccc1C2=O. The molecule has 4 aromatic rings. The largest absolute Gasteiger partial charge is 0.325 e. The highest BCUT2D eigenvalue weighted by Gasteiger charge is 2.29. The Kier molecular flexibility index (Phi) is 5.65. The predicted octanol–water partition coefficient (Wildman–Crippen LogP) is 4.35. The number of ketones is 2. The zero-order valence-electron chi connectivity index (χ0n) is 17.5. The van der Waals surface area contributed by atoms with Crippen LogP contribution < -0.4 is 5.32 Å². The van der Waals surface area contributed by atoms with Gasteiger partial charge in [0.05, 0.1) is 5.25 Å². The van der Waals surface area contributed by atoms with Crippen LogP contribution in [0.3, 0.4) is 0 Å². The Morgan fingerprint density at radius 3 is 2.48 bits per heavy atom. The Labute approximate surface area is 197 Å². The number of H-pyrrole nitrogens is 1. The molecule has 2 heterocycles. The van der Waals surface area contributed by atoms with Crippen LogP contribution >= 0.6 is 23.1 Å². The molecule has 164 valence electrons.